The zero-order chi connectivity index (χ0) is 43.5. The molecule has 0 heterocycles. The number of nitrogens with zero attached hydrogens (tertiary/aromatic N) is 1. The van der Waals surface area contributed by atoms with Gasteiger partial charge in [0.1, 0.15) is 6.61 Å². The fourth-order valence-corrected chi connectivity index (χ4v) is 6.04. The Bertz CT molecular complexity index is 1280. The van der Waals surface area contributed by atoms with E-state index in [-0.39, 0.29) is 36.7 Å². The summed E-state index contributed by atoms with van der Waals surface area (Å²) in [6, 6.07) is -0.633. The lowest BCUT2D eigenvalue weighted by atomic mass is 10.1. The van der Waals surface area contributed by atoms with Crippen molar-refractivity contribution in [2.75, 3.05) is 41.0 Å². The second-order valence-corrected chi connectivity index (χ2v) is 15.9. The van der Waals surface area contributed by atoms with E-state index in [9.17, 15) is 19.5 Å². The molecule has 0 aromatic carbocycles. The molecule has 59 heavy (non-hydrogen) atoms. The third kappa shape index (κ3) is 39.5. The van der Waals surface area contributed by atoms with E-state index >= 15 is 0 Å². The number of likely N-dealkylation sites (N-methyl/N-ethyl adjacent to an activating group) is 1. The molecule has 2 atom stereocenters. The molecule has 8 heteroatoms. The number of carbonyl (C=O) groups excluding carboxylic acids is 2. The highest BCUT2D eigenvalue weighted by atomic mass is 16.6. The summed E-state index contributed by atoms with van der Waals surface area (Å²) in [5, 5.41) is 9.62. The standard InChI is InChI=1S/C51H83NO7/c1-6-8-10-12-14-16-18-20-22-24-25-26-28-29-31-33-35-37-39-41-49(53)58-46-47(45-57-44-43-48(51(55)56)52(3,4)5)59-50(54)42-40-38-36-34-32-30-27-23-21-19-17-15-13-11-9-7-2/h8-11,14-17,20-23,30,32,36,38,47-48H,6-7,12-13,18-19,24-29,31,33-35,37,39-46H2,1-5H3/p+1/b10-8+,11-9+,16-14+,17-15+,22-20+,23-21+,32-30+,38-36+. The van der Waals surface area contributed by atoms with Crippen molar-refractivity contribution < 1.29 is 38.2 Å². The van der Waals surface area contributed by atoms with Gasteiger partial charge in [0.15, 0.2) is 12.1 Å². The van der Waals surface area contributed by atoms with Gasteiger partial charge < -0.3 is 23.8 Å². The number of aliphatic carboxylic acids is 1. The van der Waals surface area contributed by atoms with Crippen molar-refractivity contribution in [2.24, 2.45) is 0 Å². The molecule has 0 amide bonds. The number of hydrogen-bond donors (Lipinski definition) is 1. The number of allylic oxidation sites excluding steroid dienone is 16. The number of carbonyl (C=O) groups is 3. The lowest BCUT2D eigenvalue weighted by Crippen LogP contribution is -2.50. The molecule has 1 N–H and O–H groups in total. The molecule has 8 nitrogen and oxygen atoms in total. The van der Waals surface area contributed by atoms with Crippen molar-refractivity contribution in [3.63, 3.8) is 0 Å². The second kappa shape index (κ2) is 41.0. The molecule has 0 fully saturated rings. The van der Waals surface area contributed by atoms with Gasteiger partial charge in [-0.2, -0.15) is 0 Å². The number of unbranched alkanes of at least 4 members (excludes halogenated alkanes) is 9. The first kappa shape index (κ1) is 55.2. The van der Waals surface area contributed by atoms with Gasteiger partial charge in [0.05, 0.1) is 34.4 Å². The quantitative estimate of drug-likeness (QED) is 0.0285. The van der Waals surface area contributed by atoms with Gasteiger partial charge in [-0.15, -0.1) is 0 Å². The third-order valence-electron chi connectivity index (χ3n) is 9.49. The second-order valence-electron chi connectivity index (χ2n) is 15.9. The maximum Gasteiger partial charge on any atom is 0.362 e. The normalized spacial score (nSPS) is 13.8. The number of rotatable bonds is 39. The largest absolute Gasteiger partial charge is 0.477 e. The summed E-state index contributed by atoms with van der Waals surface area (Å²) in [6.45, 7) is 4.41. The molecule has 2 unspecified atom stereocenters. The van der Waals surface area contributed by atoms with Crippen LogP contribution in [0.3, 0.4) is 0 Å². The first-order valence-electron chi connectivity index (χ1n) is 22.8. The van der Waals surface area contributed by atoms with E-state index in [1.54, 1.807) is 0 Å². The smallest absolute Gasteiger partial charge is 0.362 e. The summed E-state index contributed by atoms with van der Waals surface area (Å²) in [4.78, 5) is 37.0. The molecule has 0 aliphatic carbocycles. The van der Waals surface area contributed by atoms with Crippen LogP contribution in [-0.2, 0) is 28.6 Å². The van der Waals surface area contributed by atoms with Crippen LogP contribution in [-0.4, -0.2) is 80.6 Å². The molecule has 0 aromatic rings. The Labute approximate surface area is 360 Å². The molecule has 0 saturated heterocycles. The van der Waals surface area contributed by atoms with Crippen molar-refractivity contribution in [1.82, 2.24) is 0 Å². The van der Waals surface area contributed by atoms with Crippen LogP contribution >= 0.6 is 0 Å². The number of ether oxygens (including phenoxy) is 3. The molecule has 0 rings (SSSR count). The van der Waals surface area contributed by atoms with E-state index in [0.29, 0.717) is 19.3 Å². The average molecular weight is 823 g/mol. The van der Waals surface area contributed by atoms with Gasteiger partial charge in [0.2, 0.25) is 0 Å². The third-order valence-corrected chi connectivity index (χ3v) is 9.49. The first-order valence-corrected chi connectivity index (χ1v) is 22.8. The van der Waals surface area contributed by atoms with E-state index in [4.69, 9.17) is 14.2 Å². The van der Waals surface area contributed by atoms with Gasteiger partial charge in [-0.25, -0.2) is 4.79 Å². The lowest BCUT2D eigenvalue weighted by Gasteiger charge is -2.31. The van der Waals surface area contributed by atoms with Crippen LogP contribution in [0.5, 0.6) is 0 Å². The van der Waals surface area contributed by atoms with Crippen molar-refractivity contribution in [2.45, 2.75) is 167 Å². The van der Waals surface area contributed by atoms with Crippen molar-refractivity contribution in [3.8, 4) is 0 Å². The minimum absolute atomic E-state index is 0.0237. The van der Waals surface area contributed by atoms with E-state index in [1.165, 1.54) is 38.5 Å². The SMILES string of the molecule is CC/C=C/C/C=C/C/C=C/C/C=C/C/C=C/CCC(=O)OC(COCCC(C(=O)O)[N+](C)(C)C)COC(=O)CCCCCCCCCCC/C=C/C/C=C/C/C=C/CC. The van der Waals surface area contributed by atoms with Gasteiger partial charge in [-0.05, 0) is 77.0 Å². The predicted molar refractivity (Wildman–Crippen MR) is 247 cm³/mol. The Balaban J connectivity index is 4.43. The molecule has 0 aliphatic rings. The molecule has 0 bridgehead atoms. The summed E-state index contributed by atoms with van der Waals surface area (Å²) >= 11 is 0. The van der Waals surface area contributed by atoms with E-state index in [0.717, 1.165) is 77.0 Å². The van der Waals surface area contributed by atoms with Gasteiger partial charge >= 0.3 is 17.9 Å². The van der Waals surface area contributed by atoms with E-state index < -0.39 is 24.1 Å². The summed E-state index contributed by atoms with van der Waals surface area (Å²) in [6.07, 6.45) is 54.7. The van der Waals surface area contributed by atoms with Crippen LogP contribution in [0, 0.1) is 0 Å². The van der Waals surface area contributed by atoms with Crippen molar-refractivity contribution >= 4 is 17.9 Å². The topological polar surface area (TPSA) is 99.1 Å². The van der Waals surface area contributed by atoms with Crippen LogP contribution in [0.2, 0.25) is 0 Å². The van der Waals surface area contributed by atoms with Gasteiger partial charge in [-0.3, -0.25) is 9.59 Å². The van der Waals surface area contributed by atoms with E-state index in [1.807, 2.05) is 33.3 Å². The number of carboxylic acid groups (broad SMARTS) is 1. The zero-order valence-electron chi connectivity index (χ0n) is 37.9. The van der Waals surface area contributed by atoms with E-state index in [2.05, 4.69) is 98.9 Å². The summed E-state index contributed by atoms with van der Waals surface area (Å²) < 4.78 is 17.2. The Kier molecular flexibility index (Phi) is 38.4. The monoisotopic (exact) mass is 823 g/mol. The van der Waals surface area contributed by atoms with Crippen molar-refractivity contribution in [1.29, 1.82) is 0 Å². The summed E-state index contributed by atoms with van der Waals surface area (Å²) in [5.41, 5.74) is 0. The number of carboxylic acids is 1. The first-order chi connectivity index (χ1) is 28.6. The number of hydrogen-bond acceptors (Lipinski definition) is 6. The molecular formula is C51H84NO7+. The minimum Gasteiger partial charge on any atom is -0.477 e. The molecule has 0 spiro atoms. The molecule has 0 radical (unpaired) electrons. The fraction of sp³-hybridized carbons (Fsp3) is 0.627. The summed E-state index contributed by atoms with van der Waals surface area (Å²) in [7, 11) is 5.49. The Morgan fingerprint density at radius 1 is 0.508 bits per heavy atom. The Hall–Kier alpha value is -3.75. The zero-order valence-corrected chi connectivity index (χ0v) is 37.9. The fourth-order valence-electron chi connectivity index (χ4n) is 6.04. The van der Waals surface area contributed by atoms with Crippen LogP contribution in [0.25, 0.3) is 0 Å². The van der Waals surface area contributed by atoms with Crippen LogP contribution in [0.15, 0.2) is 97.2 Å². The predicted octanol–water partition coefficient (Wildman–Crippen LogP) is 12.7. The number of esters is 2. The molecule has 0 saturated carbocycles. The van der Waals surface area contributed by atoms with Crippen molar-refractivity contribution in [3.05, 3.63) is 97.2 Å². The van der Waals surface area contributed by atoms with Crippen LogP contribution < -0.4 is 0 Å². The lowest BCUT2D eigenvalue weighted by molar-refractivity contribution is -0.887. The summed E-state index contributed by atoms with van der Waals surface area (Å²) in [5.74, 6) is -1.59. The highest BCUT2D eigenvalue weighted by Crippen LogP contribution is 2.13. The Morgan fingerprint density at radius 2 is 0.932 bits per heavy atom. The maximum absolute atomic E-state index is 12.7. The minimum atomic E-state index is -0.891. The molecule has 334 valence electrons. The average Bonchev–Trinajstić information content (AvgIpc) is 3.19. The Morgan fingerprint density at radius 3 is 1.39 bits per heavy atom. The van der Waals surface area contributed by atoms with Crippen LogP contribution in [0.1, 0.15) is 155 Å². The van der Waals surface area contributed by atoms with Crippen LogP contribution in [0.4, 0.5) is 0 Å². The highest BCUT2D eigenvalue weighted by Gasteiger charge is 2.31. The van der Waals surface area contributed by atoms with Gasteiger partial charge in [0, 0.05) is 19.3 Å². The maximum atomic E-state index is 12.7. The van der Waals surface area contributed by atoms with Gasteiger partial charge in [-0.1, -0.05) is 156 Å². The molecule has 0 aromatic heterocycles. The number of quaternary nitrogens is 1. The van der Waals surface area contributed by atoms with Gasteiger partial charge in [0.25, 0.3) is 0 Å². The molecular weight excluding hydrogens is 739 g/mol. The highest BCUT2D eigenvalue weighted by molar-refractivity contribution is 5.72. The molecule has 0 aliphatic heterocycles.